The first-order valence-corrected chi connectivity index (χ1v) is 7.97. The van der Waals surface area contributed by atoms with Crippen LogP contribution in [-0.4, -0.2) is 30.9 Å². The predicted octanol–water partition coefficient (Wildman–Crippen LogP) is 2.54. The number of hydrogen-bond donors (Lipinski definition) is 2. The fraction of sp³-hybridized carbons (Fsp3) is 0.556. The van der Waals surface area contributed by atoms with Crippen LogP contribution in [0.25, 0.3) is 0 Å². The van der Waals surface area contributed by atoms with Crippen molar-refractivity contribution in [1.82, 2.24) is 5.32 Å². The number of allylic oxidation sites excluding steroid dienone is 2. The number of aliphatic hydroxyl groups is 1. The van der Waals surface area contributed by atoms with Gasteiger partial charge in [-0.1, -0.05) is 29.8 Å². The van der Waals surface area contributed by atoms with E-state index in [1.807, 2.05) is 31.2 Å². The molecule has 1 aromatic rings. The summed E-state index contributed by atoms with van der Waals surface area (Å²) in [6.45, 7) is 4.00. The Balaban J connectivity index is 1.32. The van der Waals surface area contributed by atoms with Crippen molar-refractivity contribution in [3.8, 4) is 5.75 Å². The lowest BCUT2D eigenvalue weighted by Gasteiger charge is -2.20. The Morgan fingerprint density at radius 3 is 2.71 bits per heavy atom. The maximum Gasteiger partial charge on any atom is 0.119 e. The van der Waals surface area contributed by atoms with Crippen LogP contribution >= 0.6 is 0 Å². The molecule has 2 aliphatic carbocycles. The van der Waals surface area contributed by atoms with Crippen LogP contribution in [-0.2, 0) is 0 Å². The van der Waals surface area contributed by atoms with Crippen molar-refractivity contribution in [1.29, 1.82) is 0 Å². The van der Waals surface area contributed by atoms with E-state index in [2.05, 4.69) is 17.5 Å². The highest BCUT2D eigenvalue weighted by Gasteiger charge is 2.34. The van der Waals surface area contributed by atoms with E-state index >= 15 is 0 Å². The largest absolute Gasteiger partial charge is 0.491 e. The molecule has 2 N–H and O–H groups in total. The molecule has 0 saturated heterocycles. The van der Waals surface area contributed by atoms with Crippen molar-refractivity contribution < 1.29 is 9.84 Å². The number of rotatable bonds is 7. The van der Waals surface area contributed by atoms with Gasteiger partial charge in [0.2, 0.25) is 0 Å². The summed E-state index contributed by atoms with van der Waals surface area (Å²) in [4.78, 5) is 0. The molecule has 0 aromatic heterocycles. The van der Waals surface area contributed by atoms with Crippen LogP contribution in [0.2, 0.25) is 0 Å². The van der Waals surface area contributed by atoms with Gasteiger partial charge in [-0.15, -0.1) is 0 Å². The zero-order valence-corrected chi connectivity index (χ0v) is 12.7. The van der Waals surface area contributed by atoms with Crippen LogP contribution in [0.3, 0.4) is 0 Å². The molecule has 1 saturated carbocycles. The number of nitrogens with one attached hydrogen (secondary N) is 1. The van der Waals surface area contributed by atoms with Crippen molar-refractivity contribution in [2.24, 2.45) is 17.8 Å². The molecule has 3 nitrogen and oxygen atoms in total. The number of aliphatic hydroxyl groups excluding tert-OH is 1. The third-order valence-electron chi connectivity index (χ3n) is 4.67. The second-order valence-corrected chi connectivity index (χ2v) is 6.48. The fourth-order valence-electron chi connectivity index (χ4n) is 3.45. The number of ether oxygens (including phenoxy) is 1. The van der Waals surface area contributed by atoms with Gasteiger partial charge < -0.3 is 15.2 Å². The minimum Gasteiger partial charge on any atom is -0.491 e. The van der Waals surface area contributed by atoms with Crippen LogP contribution in [0.5, 0.6) is 5.75 Å². The Morgan fingerprint density at radius 1 is 1.24 bits per heavy atom. The molecule has 21 heavy (non-hydrogen) atoms. The average Bonchev–Trinajstić information content (AvgIpc) is 3.09. The molecule has 2 bridgehead atoms. The zero-order valence-electron chi connectivity index (χ0n) is 12.7. The molecule has 4 atom stereocenters. The van der Waals surface area contributed by atoms with E-state index in [4.69, 9.17) is 4.74 Å². The van der Waals surface area contributed by atoms with Gasteiger partial charge in [-0.05, 0) is 56.2 Å². The van der Waals surface area contributed by atoms with Gasteiger partial charge in [0.25, 0.3) is 0 Å². The van der Waals surface area contributed by atoms with Gasteiger partial charge >= 0.3 is 0 Å². The first kappa shape index (κ1) is 14.6. The molecule has 1 aromatic carbocycles. The van der Waals surface area contributed by atoms with E-state index in [0.717, 1.165) is 30.0 Å². The van der Waals surface area contributed by atoms with E-state index in [-0.39, 0.29) is 0 Å². The molecular weight excluding hydrogens is 262 g/mol. The van der Waals surface area contributed by atoms with Crippen molar-refractivity contribution in [2.45, 2.75) is 25.9 Å². The Hall–Kier alpha value is -1.32. The summed E-state index contributed by atoms with van der Waals surface area (Å²) in [5, 5.41) is 13.4. The van der Waals surface area contributed by atoms with Crippen LogP contribution in [0.1, 0.15) is 18.4 Å². The van der Waals surface area contributed by atoms with Crippen LogP contribution < -0.4 is 10.1 Å². The first-order chi connectivity index (χ1) is 10.2. The minimum absolute atomic E-state index is 0.340. The smallest absolute Gasteiger partial charge is 0.119 e. The van der Waals surface area contributed by atoms with Gasteiger partial charge in [0, 0.05) is 6.54 Å². The second kappa shape index (κ2) is 6.63. The summed E-state index contributed by atoms with van der Waals surface area (Å²) < 4.78 is 5.59. The summed E-state index contributed by atoms with van der Waals surface area (Å²) in [6, 6.07) is 7.92. The summed E-state index contributed by atoms with van der Waals surface area (Å²) in [6.07, 6.45) is 6.93. The third-order valence-corrected chi connectivity index (χ3v) is 4.67. The number of benzene rings is 1. The van der Waals surface area contributed by atoms with Crippen LogP contribution in [0.4, 0.5) is 0 Å². The predicted molar refractivity (Wildman–Crippen MR) is 84.4 cm³/mol. The van der Waals surface area contributed by atoms with Gasteiger partial charge in [-0.25, -0.2) is 0 Å². The fourth-order valence-corrected chi connectivity index (χ4v) is 3.45. The lowest BCUT2D eigenvalue weighted by Crippen LogP contribution is -2.35. The standard InChI is InChI=1S/C18H25NO2/c1-13-2-6-18(7-3-13)21-12-17(20)11-19-10-16-9-14-4-5-15(16)8-14/h2-7,14-17,19-20H,8-12H2,1H3/t14-,15-,16+,17+/m0/s1. The van der Waals surface area contributed by atoms with E-state index in [1.54, 1.807) is 0 Å². The molecule has 0 spiro atoms. The third kappa shape index (κ3) is 3.86. The summed E-state index contributed by atoms with van der Waals surface area (Å²) in [5.41, 5.74) is 1.21. The maximum absolute atomic E-state index is 9.97. The molecule has 0 radical (unpaired) electrons. The van der Waals surface area contributed by atoms with Gasteiger partial charge in [-0.3, -0.25) is 0 Å². The molecule has 2 aliphatic rings. The lowest BCUT2D eigenvalue weighted by atomic mass is 9.93. The monoisotopic (exact) mass is 287 g/mol. The van der Waals surface area contributed by atoms with Crippen molar-refractivity contribution in [3.05, 3.63) is 42.0 Å². The average molecular weight is 287 g/mol. The van der Waals surface area contributed by atoms with Gasteiger partial charge in [0.15, 0.2) is 0 Å². The maximum atomic E-state index is 9.97. The van der Waals surface area contributed by atoms with E-state index in [9.17, 15) is 5.11 Å². The molecule has 3 heteroatoms. The van der Waals surface area contributed by atoms with E-state index in [1.165, 1.54) is 18.4 Å². The normalized spacial score (nSPS) is 28.0. The summed E-state index contributed by atoms with van der Waals surface area (Å²) >= 11 is 0. The summed E-state index contributed by atoms with van der Waals surface area (Å²) in [7, 11) is 0. The summed E-state index contributed by atoms with van der Waals surface area (Å²) in [5.74, 6) is 3.16. The number of hydrogen-bond acceptors (Lipinski definition) is 3. The second-order valence-electron chi connectivity index (χ2n) is 6.48. The molecule has 0 unspecified atom stereocenters. The lowest BCUT2D eigenvalue weighted by molar-refractivity contribution is 0.105. The van der Waals surface area contributed by atoms with Crippen LogP contribution in [0.15, 0.2) is 36.4 Å². The molecule has 114 valence electrons. The highest BCUT2D eigenvalue weighted by atomic mass is 16.5. The topological polar surface area (TPSA) is 41.5 Å². The Labute approximate surface area is 127 Å². The Bertz CT molecular complexity index is 482. The highest BCUT2D eigenvalue weighted by Crippen LogP contribution is 2.42. The van der Waals surface area contributed by atoms with Crippen molar-refractivity contribution >= 4 is 0 Å². The van der Waals surface area contributed by atoms with E-state index < -0.39 is 6.10 Å². The van der Waals surface area contributed by atoms with Gasteiger partial charge in [0.1, 0.15) is 18.5 Å². The molecule has 0 heterocycles. The van der Waals surface area contributed by atoms with Gasteiger partial charge in [-0.2, -0.15) is 0 Å². The first-order valence-electron chi connectivity index (χ1n) is 7.97. The van der Waals surface area contributed by atoms with Crippen molar-refractivity contribution in [3.63, 3.8) is 0 Å². The highest BCUT2D eigenvalue weighted by molar-refractivity contribution is 5.26. The SMILES string of the molecule is Cc1ccc(OC[C@H](O)CNC[C@H]2C[C@H]3C=C[C@H]2C3)cc1. The van der Waals surface area contributed by atoms with E-state index in [0.29, 0.717) is 13.2 Å². The van der Waals surface area contributed by atoms with Crippen molar-refractivity contribution in [2.75, 3.05) is 19.7 Å². The molecular formula is C18H25NO2. The quantitative estimate of drug-likeness (QED) is 0.757. The minimum atomic E-state index is -0.458. The van der Waals surface area contributed by atoms with Crippen LogP contribution in [0, 0.1) is 24.7 Å². The zero-order chi connectivity index (χ0) is 14.7. The molecule has 0 amide bonds. The Kier molecular flexibility index (Phi) is 4.61. The Morgan fingerprint density at radius 2 is 2.05 bits per heavy atom. The molecule has 3 rings (SSSR count). The number of aryl methyl sites for hydroxylation is 1. The molecule has 1 fully saturated rings. The number of fused-ring (bicyclic) bond motifs is 2. The van der Waals surface area contributed by atoms with Gasteiger partial charge in [0.05, 0.1) is 0 Å². The molecule has 0 aliphatic heterocycles.